The van der Waals surface area contributed by atoms with Crippen molar-refractivity contribution in [2.75, 3.05) is 11.7 Å². The van der Waals surface area contributed by atoms with Gasteiger partial charge >= 0.3 is 0 Å². The second-order valence-corrected chi connectivity index (χ2v) is 11.7. The first-order chi connectivity index (χ1) is 16.7. The number of ether oxygens (including phenoxy) is 2. The monoisotopic (exact) mass is 620 g/mol. The van der Waals surface area contributed by atoms with Crippen LogP contribution >= 0.6 is 31.9 Å². The number of halogens is 2. The Morgan fingerprint density at radius 2 is 1.51 bits per heavy atom. The molecule has 5 rings (SSSR count). The van der Waals surface area contributed by atoms with Gasteiger partial charge in [-0.2, -0.15) is 4.31 Å². The fourth-order valence-electron chi connectivity index (χ4n) is 4.03. The Balaban J connectivity index is 1.54. The van der Waals surface area contributed by atoms with Crippen molar-refractivity contribution in [1.82, 2.24) is 4.31 Å². The first kappa shape index (κ1) is 24.0. The van der Waals surface area contributed by atoms with E-state index in [-0.39, 0.29) is 24.7 Å². The molecule has 3 aromatic carbocycles. The summed E-state index contributed by atoms with van der Waals surface area (Å²) in [5.41, 5.74) is 0.979. The molecule has 1 fully saturated rings. The fraction of sp³-hybridized carbons (Fsp3) is 0.167. The van der Waals surface area contributed by atoms with Gasteiger partial charge in [0.25, 0.3) is 5.91 Å². The molecule has 11 heteroatoms. The van der Waals surface area contributed by atoms with Crippen LogP contribution in [-0.2, 0) is 26.2 Å². The predicted octanol–water partition coefficient (Wildman–Crippen LogP) is 4.46. The highest BCUT2D eigenvalue weighted by molar-refractivity contribution is 9.10. The van der Waals surface area contributed by atoms with Crippen molar-refractivity contribution in [1.29, 1.82) is 0 Å². The van der Waals surface area contributed by atoms with E-state index >= 15 is 0 Å². The zero-order valence-electron chi connectivity index (χ0n) is 18.1. The Morgan fingerprint density at radius 3 is 2.20 bits per heavy atom. The zero-order chi connectivity index (χ0) is 24.7. The number of fused-ring (bicyclic) bond motifs is 1. The molecule has 0 saturated carbocycles. The number of benzene rings is 3. The topological polar surface area (TPSA) is 93.2 Å². The minimum Gasteiger partial charge on any atom is -0.454 e. The third kappa shape index (κ3) is 4.61. The van der Waals surface area contributed by atoms with Crippen LogP contribution in [0.3, 0.4) is 0 Å². The maximum Gasteiger partial charge on any atom is 0.252 e. The molecular formula is C24H18Br2N2O6S. The van der Waals surface area contributed by atoms with Crippen LogP contribution in [0.5, 0.6) is 11.5 Å². The van der Waals surface area contributed by atoms with Crippen LogP contribution in [0, 0.1) is 0 Å². The van der Waals surface area contributed by atoms with Crippen LogP contribution in [0.4, 0.5) is 5.69 Å². The third-order valence-electron chi connectivity index (χ3n) is 5.75. The molecule has 0 bridgehead atoms. The second kappa shape index (κ2) is 9.38. The molecule has 0 aliphatic carbocycles. The van der Waals surface area contributed by atoms with Crippen molar-refractivity contribution in [3.8, 4) is 11.5 Å². The van der Waals surface area contributed by atoms with Crippen LogP contribution < -0.4 is 14.4 Å². The molecule has 180 valence electrons. The molecule has 2 heterocycles. The quantitative estimate of drug-likeness (QED) is 0.377. The lowest BCUT2D eigenvalue weighted by atomic mass is 10.1. The Labute approximate surface area is 218 Å². The predicted molar refractivity (Wildman–Crippen MR) is 134 cm³/mol. The maximum atomic E-state index is 13.8. The highest BCUT2D eigenvalue weighted by Gasteiger charge is 2.47. The Kier molecular flexibility index (Phi) is 6.43. The van der Waals surface area contributed by atoms with Crippen molar-refractivity contribution in [2.45, 2.75) is 23.9 Å². The van der Waals surface area contributed by atoms with E-state index in [0.717, 1.165) is 13.7 Å². The SMILES string of the molecule is O=C1CC(N(Cc2ccc3c(c2)OCO3)S(=O)(=O)c2ccc(Br)cc2)C(=O)N1c1ccc(Br)cc1. The Bertz CT molecular complexity index is 1410. The smallest absolute Gasteiger partial charge is 0.252 e. The number of imide groups is 1. The average molecular weight is 622 g/mol. The van der Waals surface area contributed by atoms with Crippen LogP contribution in [0.2, 0.25) is 0 Å². The fourth-order valence-corrected chi connectivity index (χ4v) is 6.12. The van der Waals surface area contributed by atoms with Crippen molar-refractivity contribution < 1.29 is 27.5 Å². The number of carbonyl (C=O) groups excluding carboxylic acids is 2. The first-order valence-corrected chi connectivity index (χ1v) is 13.5. The summed E-state index contributed by atoms with van der Waals surface area (Å²) in [6.45, 7) is -0.0512. The summed E-state index contributed by atoms with van der Waals surface area (Å²) < 4.78 is 40.9. The molecule has 35 heavy (non-hydrogen) atoms. The van der Waals surface area contributed by atoms with Crippen molar-refractivity contribution >= 4 is 59.4 Å². The van der Waals surface area contributed by atoms with Crippen LogP contribution in [0.1, 0.15) is 12.0 Å². The summed E-state index contributed by atoms with van der Waals surface area (Å²) in [7, 11) is -4.15. The number of hydrogen-bond donors (Lipinski definition) is 0. The largest absolute Gasteiger partial charge is 0.454 e. The summed E-state index contributed by atoms with van der Waals surface area (Å²) in [6, 6.07) is 16.7. The number of sulfonamides is 1. The normalized spacial score (nSPS) is 17.5. The molecule has 2 amide bonds. The van der Waals surface area contributed by atoms with Crippen molar-refractivity contribution in [2.24, 2.45) is 0 Å². The van der Waals surface area contributed by atoms with E-state index in [1.165, 1.54) is 12.1 Å². The van der Waals surface area contributed by atoms with E-state index in [2.05, 4.69) is 31.9 Å². The van der Waals surface area contributed by atoms with E-state index in [1.807, 2.05) is 0 Å². The highest BCUT2D eigenvalue weighted by atomic mass is 79.9. The van der Waals surface area contributed by atoms with Gasteiger partial charge in [0.1, 0.15) is 6.04 Å². The summed E-state index contributed by atoms with van der Waals surface area (Å²) in [5, 5.41) is 0. The van der Waals surface area contributed by atoms with Crippen molar-refractivity contribution in [3.05, 3.63) is 81.2 Å². The number of hydrogen-bond acceptors (Lipinski definition) is 6. The maximum absolute atomic E-state index is 13.8. The molecule has 2 aliphatic rings. The first-order valence-electron chi connectivity index (χ1n) is 10.5. The lowest BCUT2D eigenvalue weighted by Crippen LogP contribution is -2.45. The van der Waals surface area contributed by atoms with Gasteiger partial charge in [-0.25, -0.2) is 13.3 Å². The van der Waals surface area contributed by atoms with Gasteiger partial charge in [-0.1, -0.05) is 37.9 Å². The minimum absolute atomic E-state index is 0.0174. The highest BCUT2D eigenvalue weighted by Crippen LogP contribution is 2.35. The number of rotatable bonds is 6. The van der Waals surface area contributed by atoms with Gasteiger partial charge in [0, 0.05) is 15.5 Å². The summed E-state index contributed by atoms with van der Waals surface area (Å²) in [6.07, 6.45) is -0.269. The van der Waals surface area contributed by atoms with E-state index in [1.54, 1.807) is 54.6 Å². The van der Waals surface area contributed by atoms with Gasteiger partial charge < -0.3 is 9.47 Å². The molecule has 8 nitrogen and oxygen atoms in total. The number of anilines is 1. The molecule has 0 N–H and O–H groups in total. The van der Waals surface area contributed by atoms with Gasteiger partial charge in [-0.3, -0.25) is 9.59 Å². The number of amides is 2. The minimum atomic E-state index is -4.15. The summed E-state index contributed by atoms with van der Waals surface area (Å²) in [4.78, 5) is 27.5. The van der Waals surface area contributed by atoms with Crippen LogP contribution in [-0.4, -0.2) is 37.4 Å². The van der Waals surface area contributed by atoms with Gasteiger partial charge in [0.05, 0.1) is 17.0 Å². The molecule has 0 radical (unpaired) electrons. The molecular weight excluding hydrogens is 604 g/mol. The standard InChI is InChI=1S/C24H18Br2N2O6S/c25-16-2-6-18(7-3-16)28-23(29)12-20(24(28)30)27(35(31,32)19-8-4-17(26)5-9-19)13-15-1-10-21-22(11-15)34-14-33-21/h1-11,20H,12-14H2. The average Bonchev–Trinajstić information content (AvgIpc) is 3.41. The number of nitrogens with zero attached hydrogens (tertiary/aromatic N) is 2. The van der Waals surface area contributed by atoms with E-state index in [0.29, 0.717) is 27.2 Å². The van der Waals surface area contributed by atoms with Gasteiger partial charge in [-0.05, 0) is 66.2 Å². The molecule has 1 unspecified atom stereocenters. The van der Waals surface area contributed by atoms with E-state index in [9.17, 15) is 18.0 Å². The second-order valence-electron chi connectivity index (χ2n) is 7.96. The van der Waals surface area contributed by atoms with Crippen molar-refractivity contribution in [3.63, 3.8) is 0 Å². The Morgan fingerprint density at radius 1 is 0.886 bits per heavy atom. The lowest BCUT2D eigenvalue weighted by Gasteiger charge is -2.27. The van der Waals surface area contributed by atoms with E-state index in [4.69, 9.17) is 9.47 Å². The Hall–Kier alpha value is -2.73. The lowest BCUT2D eigenvalue weighted by molar-refractivity contribution is -0.122. The molecule has 1 saturated heterocycles. The van der Waals surface area contributed by atoms with Crippen LogP contribution in [0.15, 0.2) is 80.6 Å². The van der Waals surface area contributed by atoms with Crippen LogP contribution in [0.25, 0.3) is 0 Å². The molecule has 1 atom stereocenters. The molecule has 0 spiro atoms. The molecule has 2 aliphatic heterocycles. The van der Waals surface area contributed by atoms with Gasteiger partial charge in [0.15, 0.2) is 11.5 Å². The van der Waals surface area contributed by atoms with Gasteiger partial charge in [0.2, 0.25) is 22.7 Å². The summed E-state index contributed by atoms with van der Waals surface area (Å²) >= 11 is 6.65. The summed E-state index contributed by atoms with van der Waals surface area (Å²) in [5.74, 6) is -0.0128. The van der Waals surface area contributed by atoms with Gasteiger partial charge in [-0.15, -0.1) is 0 Å². The molecule has 3 aromatic rings. The zero-order valence-corrected chi connectivity index (χ0v) is 22.0. The molecule has 0 aromatic heterocycles. The van der Waals surface area contributed by atoms with E-state index < -0.39 is 27.9 Å². The number of carbonyl (C=O) groups is 2. The third-order valence-corrected chi connectivity index (χ3v) is 8.68.